The topological polar surface area (TPSA) is 85.8 Å². The molecule has 0 aliphatic rings. The van der Waals surface area contributed by atoms with Crippen molar-refractivity contribution >= 4 is 11.9 Å². The zero-order chi connectivity index (χ0) is 18.8. The van der Waals surface area contributed by atoms with Gasteiger partial charge in [-0.3, -0.25) is 4.79 Å². The summed E-state index contributed by atoms with van der Waals surface area (Å²) >= 11 is 0. The minimum atomic E-state index is -0.300. The largest absolute Gasteiger partial charge is 0.507 e. The van der Waals surface area contributed by atoms with E-state index < -0.39 is 0 Å². The van der Waals surface area contributed by atoms with Crippen LogP contribution in [0.5, 0.6) is 5.75 Å². The minimum absolute atomic E-state index is 0.0223. The molecule has 26 heavy (non-hydrogen) atoms. The van der Waals surface area contributed by atoms with Crippen molar-refractivity contribution in [3.63, 3.8) is 0 Å². The monoisotopic (exact) mass is 354 g/mol. The second kappa shape index (κ2) is 10.1. The van der Waals surface area contributed by atoms with Crippen molar-refractivity contribution in [2.24, 2.45) is 4.99 Å². The van der Waals surface area contributed by atoms with Crippen LogP contribution >= 0.6 is 0 Å². The summed E-state index contributed by atoms with van der Waals surface area (Å²) in [4.78, 5) is 16.6. The van der Waals surface area contributed by atoms with Gasteiger partial charge in [0.25, 0.3) is 5.91 Å². The van der Waals surface area contributed by atoms with Crippen LogP contribution in [0.2, 0.25) is 0 Å². The number of nitrogens with zero attached hydrogens (tertiary/aromatic N) is 1. The number of phenols is 1. The number of para-hydroxylation sites is 1. The Hall–Kier alpha value is -3.02. The van der Waals surface area contributed by atoms with Crippen LogP contribution in [0.4, 0.5) is 0 Å². The number of aliphatic imine (C=N–C) groups is 1. The normalized spacial score (nSPS) is 11.1. The first kappa shape index (κ1) is 19.3. The zero-order valence-electron chi connectivity index (χ0n) is 15.2. The van der Waals surface area contributed by atoms with Gasteiger partial charge in [0.05, 0.1) is 12.1 Å². The van der Waals surface area contributed by atoms with Gasteiger partial charge in [-0.1, -0.05) is 42.0 Å². The molecule has 0 aliphatic heterocycles. The molecule has 0 saturated heterocycles. The Labute approximate surface area is 154 Å². The molecule has 4 N–H and O–H groups in total. The minimum Gasteiger partial charge on any atom is -0.507 e. The fraction of sp³-hybridized carbons (Fsp3) is 0.300. The molecule has 138 valence electrons. The number of hydrogen-bond acceptors (Lipinski definition) is 3. The number of amides is 1. The van der Waals surface area contributed by atoms with Gasteiger partial charge in [0, 0.05) is 19.6 Å². The summed E-state index contributed by atoms with van der Waals surface area (Å²) in [6.07, 6.45) is 0. The number of rotatable bonds is 7. The fourth-order valence-electron chi connectivity index (χ4n) is 2.32. The van der Waals surface area contributed by atoms with Gasteiger partial charge in [-0.25, -0.2) is 4.99 Å². The van der Waals surface area contributed by atoms with Crippen LogP contribution in [0.25, 0.3) is 0 Å². The molecule has 6 nitrogen and oxygen atoms in total. The molecule has 0 aromatic heterocycles. The van der Waals surface area contributed by atoms with Gasteiger partial charge < -0.3 is 21.1 Å². The first-order valence-electron chi connectivity index (χ1n) is 8.74. The van der Waals surface area contributed by atoms with Crippen LogP contribution in [0.3, 0.4) is 0 Å². The first-order chi connectivity index (χ1) is 12.6. The Balaban J connectivity index is 1.80. The summed E-state index contributed by atoms with van der Waals surface area (Å²) < 4.78 is 0. The van der Waals surface area contributed by atoms with Gasteiger partial charge in [0.15, 0.2) is 5.96 Å². The summed E-state index contributed by atoms with van der Waals surface area (Å²) in [7, 11) is 0. The standard InChI is InChI=1S/C20H26N4O2/c1-3-21-20(24-14-16-10-8-15(2)9-11-16)23-13-12-22-19(26)17-6-4-5-7-18(17)25/h4-11,25H,3,12-14H2,1-2H3,(H,22,26)(H2,21,23,24). The van der Waals surface area contributed by atoms with E-state index in [9.17, 15) is 9.90 Å². The number of aryl methyl sites for hydroxylation is 1. The van der Waals surface area contributed by atoms with E-state index >= 15 is 0 Å². The molecule has 0 bridgehead atoms. The fourth-order valence-corrected chi connectivity index (χ4v) is 2.32. The third kappa shape index (κ3) is 6.12. The summed E-state index contributed by atoms with van der Waals surface area (Å²) in [6.45, 7) is 6.34. The quantitative estimate of drug-likeness (QED) is 0.349. The molecule has 0 saturated carbocycles. The van der Waals surface area contributed by atoms with Crippen molar-refractivity contribution in [1.29, 1.82) is 0 Å². The Morgan fingerprint density at radius 1 is 1.00 bits per heavy atom. The highest BCUT2D eigenvalue weighted by Gasteiger charge is 2.09. The maximum absolute atomic E-state index is 12.0. The maximum atomic E-state index is 12.0. The van der Waals surface area contributed by atoms with Crippen LogP contribution in [0, 0.1) is 6.92 Å². The van der Waals surface area contributed by atoms with E-state index in [0.29, 0.717) is 25.6 Å². The summed E-state index contributed by atoms with van der Waals surface area (Å²) in [6, 6.07) is 14.7. The molecular weight excluding hydrogens is 328 g/mol. The second-order valence-corrected chi connectivity index (χ2v) is 5.88. The van der Waals surface area contributed by atoms with E-state index in [2.05, 4.69) is 52.1 Å². The second-order valence-electron chi connectivity index (χ2n) is 5.88. The van der Waals surface area contributed by atoms with Crippen LogP contribution in [0.1, 0.15) is 28.4 Å². The van der Waals surface area contributed by atoms with E-state index in [4.69, 9.17) is 0 Å². The highest BCUT2D eigenvalue weighted by atomic mass is 16.3. The number of benzene rings is 2. The maximum Gasteiger partial charge on any atom is 0.255 e. The molecule has 0 radical (unpaired) electrons. The number of aromatic hydroxyl groups is 1. The first-order valence-corrected chi connectivity index (χ1v) is 8.74. The van der Waals surface area contributed by atoms with Crippen LogP contribution < -0.4 is 16.0 Å². The van der Waals surface area contributed by atoms with Gasteiger partial charge in [0.2, 0.25) is 0 Å². The van der Waals surface area contributed by atoms with Crippen molar-refractivity contribution < 1.29 is 9.90 Å². The Morgan fingerprint density at radius 3 is 2.38 bits per heavy atom. The van der Waals surface area contributed by atoms with E-state index in [-0.39, 0.29) is 17.2 Å². The third-order valence-electron chi connectivity index (χ3n) is 3.74. The lowest BCUT2D eigenvalue weighted by Gasteiger charge is -2.12. The molecular formula is C20H26N4O2. The average Bonchev–Trinajstić information content (AvgIpc) is 2.64. The smallest absolute Gasteiger partial charge is 0.255 e. The Kier molecular flexibility index (Phi) is 7.49. The lowest BCUT2D eigenvalue weighted by Crippen LogP contribution is -2.41. The molecule has 0 aliphatic carbocycles. The van der Waals surface area contributed by atoms with Crippen molar-refractivity contribution in [3.8, 4) is 5.75 Å². The lowest BCUT2D eigenvalue weighted by atomic mass is 10.1. The molecule has 2 aromatic rings. The molecule has 0 spiro atoms. The SMILES string of the molecule is CCNC(=NCc1ccc(C)cc1)NCCNC(=O)c1ccccc1O. The Morgan fingerprint density at radius 2 is 1.69 bits per heavy atom. The summed E-state index contributed by atoms with van der Waals surface area (Å²) in [5, 5.41) is 18.8. The van der Waals surface area contributed by atoms with Gasteiger partial charge in [0.1, 0.15) is 5.75 Å². The number of phenolic OH excluding ortho intramolecular Hbond substituents is 1. The highest BCUT2D eigenvalue weighted by Crippen LogP contribution is 2.14. The van der Waals surface area contributed by atoms with Crippen molar-refractivity contribution in [2.75, 3.05) is 19.6 Å². The number of carbonyl (C=O) groups excluding carboxylic acids is 1. The number of carbonyl (C=O) groups is 1. The molecule has 0 atom stereocenters. The molecule has 1 amide bonds. The van der Waals surface area contributed by atoms with Gasteiger partial charge in [-0.15, -0.1) is 0 Å². The Bertz CT molecular complexity index is 742. The van der Waals surface area contributed by atoms with Crippen molar-refractivity contribution in [2.45, 2.75) is 20.4 Å². The van der Waals surface area contributed by atoms with Crippen LogP contribution in [-0.4, -0.2) is 36.6 Å². The number of hydrogen-bond donors (Lipinski definition) is 4. The van der Waals surface area contributed by atoms with Gasteiger partial charge in [-0.05, 0) is 31.5 Å². The molecule has 0 unspecified atom stereocenters. The molecule has 2 rings (SSSR count). The number of nitrogens with one attached hydrogen (secondary N) is 3. The molecule has 2 aromatic carbocycles. The summed E-state index contributed by atoms with van der Waals surface area (Å²) in [5.74, 6) is 0.377. The average molecular weight is 354 g/mol. The molecule has 0 fully saturated rings. The predicted molar refractivity (Wildman–Crippen MR) is 104 cm³/mol. The molecule has 6 heteroatoms. The van der Waals surface area contributed by atoms with Crippen LogP contribution in [-0.2, 0) is 6.54 Å². The van der Waals surface area contributed by atoms with Gasteiger partial charge in [-0.2, -0.15) is 0 Å². The third-order valence-corrected chi connectivity index (χ3v) is 3.74. The van der Waals surface area contributed by atoms with E-state index in [0.717, 1.165) is 12.1 Å². The molecule has 0 heterocycles. The zero-order valence-corrected chi connectivity index (χ0v) is 15.2. The highest BCUT2D eigenvalue weighted by molar-refractivity contribution is 5.96. The van der Waals surface area contributed by atoms with Crippen molar-refractivity contribution in [3.05, 3.63) is 65.2 Å². The lowest BCUT2D eigenvalue weighted by molar-refractivity contribution is 0.0951. The van der Waals surface area contributed by atoms with Crippen molar-refractivity contribution in [1.82, 2.24) is 16.0 Å². The number of guanidine groups is 1. The van der Waals surface area contributed by atoms with E-state index in [1.165, 1.54) is 11.6 Å². The predicted octanol–water partition coefficient (Wildman–Crippen LogP) is 2.19. The van der Waals surface area contributed by atoms with Crippen LogP contribution in [0.15, 0.2) is 53.5 Å². The van der Waals surface area contributed by atoms with E-state index in [1.54, 1.807) is 18.2 Å². The van der Waals surface area contributed by atoms with E-state index in [1.807, 2.05) is 6.92 Å². The van der Waals surface area contributed by atoms with Gasteiger partial charge >= 0.3 is 0 Å². The summed E-state index contributed by atoms with van der Waals surface area (Å²) in [5.41, 5.74) is 2.64.